The van der Waals surface area contributed by atoms with Crippen LogP contribution in [0.15, 0.2) is 18.3 Å². The Morgan fingerprint density at radius 3 is 3.00 bits per heavy atom. The zero-order valence-electron chi connectivity index (χ0n) is 10.3. The first-order valence-electron chi connectivity index (χ1n) is 5.56. The maximum atomic E-state index is 5.41. The molecular formula is C12H21N3O. The van der Waals surface area contributed by atoms with Crippen molar-refractivity contribution in [1.82, 2.24) is 15.5 Å². The van der Waals surface area contributed by atoms with Gasteiger partial charge in [0.25, 0.3) is 0 Å². The summed E-state index contributed by atoms with van der Waals surface area (Å²) in [7, 11) is 0. The Morgan fingerprint density at radius 1 is 1.69 bits per heavy atom. The van der Waals surface area contributed by atoms with Crippen LogP contribution in [-0.4, -0.2) is 30.0 Å². The molecule has 0 aromatic carbocycles. The van der Waals surface area contributed by atoms with Crippen molar-refractivity contribution in [2.75, 3.05) is 19.8 Å². The van der Waals surface area contributed by atoms with Gasteiger partial charge in [0, 0.05) is 23.8 Å². The fourth-order valence-electron chi connectivity index (χ4n) is 1.50. The van der Waals surface area contributed by atoms with Gasteiger partial charge in [-0.25, -0.2) is 0 Å². The molecule has 0 aliphatic heterocycles. The first-order valence-corrected chi connectivity index (χ1v) is 5.56. The molecule has 0 aliphatic rings. The fraction of sp³-hybridized carbons (Fsp3) is 0.583. The van der Waals surface area contributed by atoms with Gasteiger partial charge < -0.3 is 10.1 Å². The number of H-pyrrole nitrogens is 1. The van der Waals surface area contributed by atoms with Crippen molar-refractivity contribution < 1.29 is 4.74 Å². The van der Waals surface area contributed by atoms with Crippen molar-refractivity contribution in [2.24, 2.45) is 0 Å². The molecule has 1 atom stereocenters. The summed E-state index contributed by atoms with van der Waals surface area (Å²) in [5.74, 6) is 0. The lowest BCUT2D eigenvalue weighted by molar-refractivity contribution is 0.156. The van der Waals surface area contributed by atoms with E-state index in [0.717, 1.165) is 17.8 Å². The van der Waals surface area contributed by atoms with E-state index in [4.69, 9.17) is 4.74 Å². The van der Waals surface area contributed by atoms with Crippen LogP contribution in [-0.2, 0) is 4.74 Å². The summed E-state index contributed by atoms with van der Waals surface area (Å²) in [5, 5.41) is 10.3. The van der Waals surface area contributed by atoms with E-state index in [9.17, 15) is 0 Å². The Hall–Kier alpha value is -1.13. The van der Waals surface area contributed by atoms with E-state index in [1.807, 2.05) is 20.0 Å². The molecule has 90 valence electrons. The Morgan fingerprint density at radius 2 is 2.44 bits per heavy atom. The van der Waals surface area contributed by atoms with Crippen molar-refractivity contribution in [3.8, 4) is 0 Å². The summed E-state index contributed by atoms with van der Waals surface area (Å²) in [4.78, 5) is 0. The Bertz CT molecular complexity index is 333. The average Bonchev–Trinajstić information content (AvgIpc) is 2.63. The van der Waals surface area contributed by atoms with Gasteiger partial charge >= 0.3 is 0 Å². The highest BCUT2D eigenvalue weighted by atomic mass is 16.5. The molecule has 1 aromatic rings. The largest absolute Gasteiger partial charge is 0.376 e. The molecule has 1 rings (SSSR count). The van der Waals surface area contributed by atoms with Gasteiger partial charge in [0.15, 0.2) is 0 Å². The second-order valence-electron chi connectivity index (χ2n) is 4.14. The second kappa shape index (κ2) is 6.45. The van der Waals surface area contributed by atoms with Crippen molar-refractivity contribution in [3.63, 3.8) is 0 Å². The summed E-state index contributed by atoms with van der Waals surface area (Å²) in [6.45, 7) is 12.1. The number of nitrogens with one attached hydrogen (secondary N) is 2. The van der Waals surface area contributed by atoms with Crippen molar-refractivity contribution in [2.45, 2.75) is 26.8 Å². The van der Waals surface area contributed by atoms with E-state index >= 15 is 0 Å². The van der Waals surface area contributed by atoms with Gasteiger partial charge in [-0.3, -0.25) is 5.10 Å². The maximum Gasteiger partial charge on any atom is 0.0672 e. The third-order valence-corrected chi connectivity index (χ3v) is 2.38. The lowest BCUT2D eigenvalue weighted by Gasteiger charge is -2.13. The summed E-state index contributed by atoms with van der Waals surface area (Å²) >= 11 is 0. The molecule has 2 N–H and O–H groups in total. The molecule has 0 spiro atoms. The quantitative estimate of drug-likeness (QED) is 0.549. The Balaban J connectivity index is 2.18. The number of ether oxygens (including phenoxy) is 1. The van der Waals surface area contributed by atoms with Gasteiger partial charge in [-0.15, -0.1) is 0 Å². The third-order valence-electron chi connectivity index (χ3n) is 2.38. The predicted molar refractivity (Wildman–Crippen MR) is 65.4 cm³/mol. The monoisotopic (exact) mass is 223 g/mol. The average molecular weight is 223 g/mol. The smallest absolute Gasteiger partial charge is 0.0672 e. The highest BCUT2D eigenvalue weighted by molar-refractivity contribution is 5.18. The lowest BCUT2D eigenvalue weighted by Crippen LogP contribution is -2.23. The first-order chi connectivity index (χ1) is 7.61. The van der Waals surface area contributed by atoms with Crippen molar-refractivity contribution in [1.29, 1.82) is 0 Å². The number of aromatic nitrogens is 2. The predicted octanol–water partition coefficient (Wildman–Crippen LogP) is 1.96. The minimum Gasteiger partial charge on any atom is -0.376 e. The number of aromatic amines is 1. The number of hydrogen-bond acceptors (Lipinski definition) is 3. The van der Waals surface area contributed by atoms with Crippen LogP contribution in [0.2, 0.25) is 0 Å². The first kappa shape index (κ1) is 12.9. The summed E-state index contributed by atoms with van der Waals surface area (Å²) < 4.78 is 5.41. The zero-order chi connectivity index (χ0) is 12.0. The minimum absolute atomic E-state index is 0.298. The van der Waals surface area contributed by atoms with Crippen LogP contribution in [0.5, 0.6) is 0 Å². The normalized spacial score (nSPS) is 12.7. The zero-order valence-corrected chi connectivity index (χ0v) is 10.3. The summed E-state index contributed by atoms with van der Waals surface area (Å²) in [6.07, 6.45) is 1.86. The Labute approximate surface area is 97.1 Å². The topological polar surface area (TPSA) is 49.9 Å². The molecule has 1 aromatic heterocycles. The van der Waals surface area contributed by atoms with Crippen LogP contribution in [0.25, 0.3) is 0 Å². The van der Waals surface area contributed by atoms with Gasteiger partial charge in [0.05, 0.1) is 19.4 Å². The van der Waals surface area contributed by atoms with Crippen LogP contribution < -0.4 is 5.32 Å². The van der Waals surface area contributed by atoms with Crippen LogP contribution in [0.4, 0.5) is 0 Å². The fourth-order valence-corrected chi connectivity index (χ4v) is 1.50. The van der Waals surface area contributed by atoms with E-state index in [2.05, 4.69) is 29.0 Å². The van der Waals surface area contributed by atoms with Gasteiger partial charge in [-0.1, -0.05) is 12.2 Å². The van der Waals surface area contributed by atoms with Crippen molar-refractivity contribution in [3.05, 3.63) is 29.6 Å². The highest BCUT2D eigenvalue weighted by Crippen LogP contribution is 2.13. The maximum absolute atomic E-state index is 5.41. The summed E-state index contributed by atoms with van der Waals surface area (Å²) in [5.41, 5.74) is 3.38. The van der Waals surface area contributed by atoms with E-state index in [0.29, 0.717) is 19.3 Å². The van der Waals surface area contributed by atoms with Crippen LogP contribution in [0.3, 0.4) is 0 Å². The van der Waals surface area contributed by atoms with E-state index < -0.39 is 0 Å². The molecule has 0 saturated heterocycles. The molecule has 16 heavy (non-hydrogen) atoms. The van der Waals surface area contributed by atoms with E-state index in [1.54, 1.807) is 0 Å². The summed E-state index contributed by atoms with van der Waals surface area (Å²) in [6, 6.07) is 0.298. The molecule has 0 saturated carbocycles. The van der Waals surface area contributed by atoms with Gasteiger partial charge in [0.2, 0.25) is 0 Å². The van der Waals surface area contributed by atoms with Crippen LogP contribution in [0.1, 0.15) is 31.1 Å². The lowest BCUT2D eigenvalue weighted by atomic mass is 10.1. The molecule has 0 bridgehead atoms. The molecule has 1 heterocycles. The SMILES string of the molecule is C=C(C)COCCNC(C)c1cn[nH]c1C. The number of rotatable bonds is 7. The number of nitrogens with zero attached hydrogens (tertiary/aromatic N) is 1. The van der Waals surface area contributed by atoms with Crippen molar-refractivity contribution >= 4 is 0 Å². The van der Waals surface area contributed by atoms with Crippen LogP contribution in [0, 0.1) is 6.92 Å². The molecule has 0 fully saturated rings. The molecule has 1 unspecified atom stereocenters. The van der Waals surface area contributed by atoms with Crippen LogP contribution >= 0.6 is 0 Å². The number of hydrogen-bond donors (Lipinski definition) is 2. The molecular weight excluding hydrogens is 202 g/mol. The van der Waals surface area contributed by atoms with E-state index in [-0.39, 0.29) is 0 Å². The van der Waals surface area contributed by atoms with Gasteiger partial charge in [-0.2, -0.15) is 5.10 Å². The third kappa shape index (κ3) is 4.16. The second-order valence-corrected chi connectivity index (χ2v) is 4.14. The Kier molecular flexibility index (Phi) is 5.22. The molecule has 0 amide bonds. The van der Waals surface area contributed by atoms with E-state index in [1.165, 1.54) is 5.56 Å². The van der Waals surface area contributed by atoms with Gasteiger partial charge in [0.1, 0.15) is 0 Å². The molecule has 0 aliphatic carbocycles. The number of aryl methyl sites for hydroxylation is 1. The molecule has 4 heteroatoms. The molecule has 4 nitrogen and oxygen atoms in total. The highest BCUT2D eigenvalue weighted by Gasteiger charge is 2.08. The molecule has 0 radical (unpaired) electrons. The standard InChI is InChI=1S/C12H21N3O/c1-9(2)8-16-6-5-13-10(3)12-7-14-15-11(12)4/h7,10,13H,1,5-6,8H2,2-4H3,(H,14,15). The minimum atomic E-state index is 0.298. The van der Waals surface area contributed by atoms with Gasteiger partial charge in [-0.05, 0) is 20.8 Å².